The van der Waals surface area contributed by atoms with Gasteiger partial charge in [-0.2, -0.15) is 5.06 Å². The molecule has 1 N–H and O–H groups in total. The molecule has 1 aliphatic carbocycles. The van der Waals surface area contributed by atoms with Crippen molar-refractivity contribution < 1.29 is 9.94 Å². The molecule has 1 aliphatic rings. The summed E-state index contributed by atoms with van der Waals surface area (Å²) in [6.45, 7) is 0.704. The largest absolute Gasteiger partial charge is 0.497 e. The molecule has 0 radical (unpaired) electrons. The lowest BCUT2D eigenvalue weighted by molar-refractivity contribution is -0.0636. The van der Waals surface area contributed by atoms with Crippen molar-refractivity contribution in [3.63, 3.8) is 0 Å². The lowest BCUT2D eigenvalue weighted by atomic mass is 9.89. The molecule has 0 aromatic heterocycles. The number of hydroxylamine groups is 2. The van der Waals surface area contributed by atoms with Crippen LogP contribution in [0.5, 0.6) is 5.75 Å². The van der Waals surface area contributed by atoms with Crippen LogP contribution < -0.4 is 4.74 Å². The molecule has 1 aromatic rings. The Morgan fingerprint density at radius 3 is 2.52 bits per heavy atom. The highest BCUT2D eigenvalue weighted by molar-refractivity contribution is 5.54. The molecule has 0 spiro atoms. The molecule has 2 rings (SSSR count). The van der Waals surface area contributed by atoms with Crippen molar-refractivity contribution >= 4 is 6.08 Å². The predicted molar refractivity (Wildman–Crippen MR) is 86.6 cm³/mol. The molecule has 0 heterocycles. The number of hydrogen-bond acceptors (Lipinski definition) is 3. The van der Waals surface area contributed by atoms with Crippen LogP contribution >= 0.6 is 0 Å². The molecule has 3 heteroatoms. The summed E-state index contributed by atoms with van der Waals surface area (Å²) in [7, 11) is 3.39. The van der Waals surface area contributed by atoms with Gasteiger partial charge >= 0.3 is 0 Å². The molecule has 0 atom stereocenters. The fourth-order valence-electron chi connectivity index (χ4n) is 2.69. The molecule has 0 saturated carbocycles. The van der Waals surface area contributed by atoms with E-state index in [0.717, 1.165) is 25.0 Å². The monoisotopic (exact) mass is 287 g/mol. The standard InChI is InChI=1S/C18H25NO2/c1-19(20)14-13-17-6-4-3-5-16(17)10-7-15-8-11-18(21-2)12-9-15/h7-12,20H,3-6,13-14H2,1-2H3/b10-7+. The second-order valence-electron chi connectivity index (χ2n) is 5.57. The van der Waals surface area contributed by atoms with Gasteiger partial charge in [-0.3, -0.25) is 0 Å². The van der Waals surface area contributed by atoms with Crippen LogP contribution in [0.25, 0.3) is 6.08 Å². The van der Waals surface area contributed by atoms with E-state index in [1.165, 1.54) is 34.6 Å². The lowest BCUT2D eigenvalue weighted by Crippen LogP contribution is -2.15. The van der Waals surface area contributed by atoms with E-state index in [0.29, 0.717) is 6.54 Å². The molecule has 0 fully saturated rings. The number of methoxy groups -OCH3 is 1. The van der Waals surface area contributed by atoms with Gasteiger partial charge in [-0.1, -0.05) is 29.9 Å². The van der Waals surface area contributed by atoms with E-state index in [1.807, 2.05) is 12.1 Å². The van der Waals surface area contributed by atoms with Gasteiger partial charge in [-0.25, -0.2) is 0 Å². The zero-order valence-electron chi connectivity index (χ0n) is 13.0. The third kappa shape index (κ3) is 5.03. The molecule has 0 aliphatic heterocycles. The average Bonchev–Trinajstić information content (AvgIpc) is 2.52. The number of ether oxygens (including phenoxy) is 1. The minimum Gasteiger partial charge on any atom is -0.497 e. The Balaban J connectivity index is 2.07. The summed E-state index contributed by atoms with van der Waals surface area (Å²) in [6.07, 6.45) is 10.2. The Morgan fingerprint density at radius 2 is 1.86 bits per heavy atom. The summed E-state index contributed by atoms with van der Waals surface area (Å²) < 4.78 is 5.17. The smallest absolute Gasteiger partial charge is 0.118 e. The Kier molecular flexibility index (Phi) is 6.03. The molecule has 0 bridgehead atoms. The van der Waals surface area contributed by atoms with E-state index in [-0.39, 0.29) is 0 Å². The Morgan fingerprint density at radius 1 is 1.14 bits per heavy atom. The average molecular weight is 287 g/mol. The molecule has 21 heavy (non-hydrogen) atoms. The number of rotatable bonds is 6. The van der Waals surface area contributed by atoms with Crippen molar-refractivity contribution in [3.8, 4) is 5.75 Å². The second kappa shape index (κ2) is 8.01. The van der Waals surface area contributed by atoms with E-state index in [1.54, 1.807) is 14.2 Å². The summed E-state index contributed by atoms with van der Waals surface area (Å²) in [5, 5.41) is 10.6. The molecule has 114 valence electrons. The Hall–Kier alpha value is -1.58. The topological polar surface area (TPSA) is 32.7 Å². The summed E-state index contributed by atoms with van der Waals surface area (Å²) >= 11 is 0. The minimum absolute atomic E-state index is 0.704. The van der Waals surface area contributed by atoms with Crippen LogP contribution in [0.15, 0.2) is 41.5 Å². The number of allylic oxidation sites excluding steroid dienone is 2. The van der Waals surface area contributed by atoms with Crippen molar-refractivity contribution in [1.29, 1.82) is 0 Å². The van der Waals surface area contributed by atoms with Gasteiger partial charge in [0.2, 0.25) is 0 Å². The number of benzene rings is 1. The first kappa shape index (κ1) is 15.8. The van der Waals surface area contributed by atoms with E-state index < -0.39 is 0 Å². The fourth-order valence-corrected chi connectivity index (χ4v) is 2.69. The van der Waals surface area contributed by atoms with E-state index in [2.05, 4.69) is 24.3 Å². The van der Waals surface area contributed by atoms with Crippen LogP contribution in [-0.4, -0.2) is 31.0 Å². The van der Waals surface area contributed by atoms with Crippen molar-refractivity contribution in [2.24, 2.45) is 0 Å². The van der Waals surface area contributed by atoms with Gasteiger partial charge in [-0.15, -0.1) is 0 Å². The van der Waals surface area contributed by atoms with Crippen molar-refractivity contribution in [1.82, 2.24) is 5.06 Å². The van der Waals surface area contributed by atoms with E-state index in [4.69, 9.17) is 4.74 Å². The van der Waals surface area contributed by atoms with Crippen LogP contribution in [0.3, 0.4) is 0 Å². The normalized spacial score (nSPS) is 16.0. The van der Waals surface area contributed by atoms with Crippen LogP contribution in [0.1, 0.15) is 37.7 Å². The molecular formula is C18H25NO2. The van der Waals surface area contributed by atoms with Gasteiger partial charge < -0.3 is 9.94 Å². The van der Waals surface area contributed by atoms with Gasteiger partial charge in [0.1, 0.15) is 5.75 Å². The van der Waals surface area contributed by atoms with Crippen LogP contribution in [0, 0.1) is 0 Å². The van der Waals surface area contributed by atoms with Gasteiger partial charge in [-0.05, 0) is 55.4 Å². The fraction of sp³-hybridized carbons (Fsp3) is 0.444. The SMILES string of the molecule is COc1ccc(/C=C/C2=C(CCN(C)O)CCCC2)cc1. The first-order valence-corrected chi connectivity index (χ1v) is 7.62. The quantitative estimate of drug-likeness (QED) is 0.792. The predicted octanol–water partition coefficient (Wildman–Crippen LogP) is 4.29. The van der Waals surface area contributed by atoms with Crippen LogP contribution in [-0.2, 0) is 0 Å². The molecule has 3 nitrogen and oxygen atoms in total. The highest BCUT2D eigenvalue weighted by atomic mass is 16.5. The maximum Gasteiger partial charge on any atom is 0.118 e. The van der Waals surface area contributed by atoms with Gasteiger partial charge in [0.25, 0.3) is 0 Å². The summed E-state index contributed by atoms with van der Waals surface area (Å²) in [6, 6.07) is 8.10. The lowest BCUT2D eigenvalue weighted by Gasteiger charge is -2.19. The highest BCUT2D eigenvalue weighted by Gasteiger charge is 2.11. The van der Waals surface area contributed by atoms with Gasteiger partial charge in [0.05, 0.1) is 7.11 Å². The zero-order chi connectivity index (χ0) is 15.1. The summed E-state index contributed by atoms with van der Waals surface area (Å²) in [5.74, 6) is 0.885. The number of hydrogen-bond donors (Lipinski definition) is 1. The summed E-state index contributed by atoms with van der Waals surface area (Å²) in [5.41, 5.74) is 4.12. The third-order valence-corrected chi connectivity index (χ3v) is 3.96. The molecule has 1 aromatic carbocycles. The van der Waals surface area contributed by atoms with Crippen molar-refractivity contribution in [2.75, 3.05) is 20.7 Å². The first-order valence-electron chi connectivity index (χ1n) is 7.62. The second-order valence-corrected chi connectivity index (χ2v) is 5.57. The molecule has 0 saturated heterocycles. The van der Waals surface area contributed by atoms with E-state index in [9.17, 15) is 5.21 Å². The van der Waals surface area contributed by atoms with Crippen molar-refractivity contribution in [3.05, 3.63) is 47.1 Å². The Bertz CT molecular complexity index is 500. The highest BCUT2D eigenvalue weighted by Crippen LogP contribution is 2.28. The first-order chi connectivity index (χ1) is 10.2. The molecule has 0 amide bonds. The maximum atomic E-state index is 9.31. The number of nitrogens with zero attached hydrogens (tertiary/aromatic N) is 1. The van der Waals surface area contributed by atoms with Gasteiger partial charge in [0, 0.05) is 13.6 Å². The maximum absolute atomic E-state index is 9.31. The zero-order valence-corrected chi connectivity index (χ0v) is 13.0. The van der Waals surface area contributed by atoms with Crippen LogP contribution in [0.2, 0.25) is 0 Å². The van der Waals surface area contributed by atoms with Crippen LogP contribution in [0.4, 0.5) is 0 Å². The molecule has 0 unspecified atom stereocenters. The minimum atomic E-state index is 0.704. The Labute approximate surface area is 127 Å². The third-order valence-electron chi connectivity index (χ3n) is 3.96. The van der Waals surface area contributed by atoms with Gasteiger partial charge in [0.15, 0.2) is 0 Å². The van der Waals surface area contributed by atoms with E-state index >= 15 is 0 Å². The van der Waals surface area contributed by atoms with Crippen molar-refractivity contribution in [2.45, 2.75) is 32.1 Å². The summed E-state index contributed by atoms with van der Waals surface area (Å²) in [4.78, 5) is 0. The molecular weight excluding hydrogens is 262 g/mol.